The second kappa shape index (κ2) is 27.1. The molecule has 9 nitrogen and oxygen atoms in total. The molecule has 0 aliphatic heterocycles. The molecular weight excluding hydrogens is 725 g/mol. The zero-order valence-electron chi connectivity index (χ0n) is 33.9. The molecule has 0 radical (unpaired) electrons. The maximum atomic E-state index is 13.0. The largest absolute Gasteiger partial charge is 0.472 e. The van der Waals surface area contributed by atoms with Gasteiger partial charge in [-0.2, -0.15) is 0 Å². The van der Waals surface area contributed by atoms with Crippen LogP contribution in [-0.4, -0.2) is 49.3 Å². The van der Waals surface area contributed by atoms with Crippen molar-refractivity contribution >= 4 is 19.8 Å². The average Bonchev–Trinajstić information content (AvgIpc) is 3.21. The maximum absolute atomic E-state index is 13.0. The molecule has 3 aromatic carbocycles. The number of allylic oxidation sites excluding steroid dienone is 2. The van der Waals surface area contributed by atoms with Crippen LogP contribution in [0, 0.1) is 5.92 Å². The Morgan fingerprint density at radius 2 is 1.18 bits per heavy atom. The number of phosphoric acid groups is 1. The van der Waals surface area contributed by atoms with Crippen LogP contribution in [0.5, 0.6) is 0 Å². The van der Waals surface area contributed by atoms with Gasteiger partial charge >= 0.3 is 19.8 Å². The quantitative estimate of drug-likeness (QED) is 0.0223. The number of nitrogens with one attached hydrogen (secondary N) is 1. The van der Waals surface area contributed by atoms with Gasteiger partial charge in [-0.15, -0.1) is 0 Å². The summed E-state index contributed by atoms with van der Waals surface area (Å²) in [6.45, 7) is 4.84. The third-order valence-electron chi connectivity index (χ3n) is 9.62. The number of unbranched alkanes of at least 4 members (excludes halogenated alkanes) is 11. The summed E-state index contributed by atoms with van der Waals surface area (Å²) in [5, 5.41) is 3.60. The summed E-state index contributed by atoms with van der Waals surface area (Å²) in [7, 11) is -4.58. The summed E-state index contributed by atoms with van der Waals surface area (Å²) in [6, 6.07) is 30.0. The fraction of sp³-hybridized carbons (Fsp3) is 0.522. The topological polar surface area (TPSA) is 120 Å². The highest BCUT2D eigenvalue weighted by atomic mass is 31.2. The molecule has 3 aromatic rings. The van der Waals surface area contributed by atoms with Crippen LogP contribution in [0.2, 0.25) is 0 Å². The molecular formula is C46H66NO8P. The molecule has 0 fully saturated rings. The minimum Gasteiger partial charge on any atom is -0.462 e. The summed E-state index contributed by atoms with van der Waals surface area (Å²) in [4.78, 5) is 35.5. The Balaban J connectivity index is 1.43. The molecule has 0 aliphatic rings. The fourth-order valence-electron chi connectivity index (χ4n) is 6.50. The van der Waals surface area contributed by atoms with Gasteiger partial charge in [0.15, 0.2) is 6.10 Å². The smallest absolute Gasteiger partial charge is 0.462 e. The zero-order valence-corrected chi connectivity index (χ0v) is 34.8. The van der Waals surface area contributed by atoms with Crippen molar-refractivity contribution in [3.8, 4) is 0 Å². The van der Waals surface area contributed by atoms with Crippen molar-refractivity contribution in [1.29, 1.82) is 0 Å². The van der Waals surface area contributed by atoms with E-state index in [9.17, 15) is 19.0 Å². The van der Waals surface area contributed by atoms with Crippen LogP contribution >= 0.6 is 7.82 Å². The van der Waals surface area contributed by atoms with E-state index >= 15 is 0 Å². The number of carbonyl (C=O) groups excluding carboxylic acids is 2. The Kier molecular flexibility index (Phi) is 22.7. The van der Waals surface area contributed by atoms with Crippen LogP contribution in [0.4, 0.5) is 0 Å². The van der Waals surface area contributed by atoms with Crippen LogP contribution in [0.1, 0.15) is 127 Å². The monoisotopic (exact) mass is 791 g/mol. The van der Waals surface area contributed by atoms with Gasteiger partial charge in [-0.3, -0.25) is 24.0 Å². The minimum absolute atomic E-state index is 0.163. The van der Waals surface area contributed by atoms with E-state index < -0.39 is 43.9 Å². The summed E-state index contributed by atoms with van der Waals surface area (Å²) < 4.78 is 34.5. The first-order valence-electron chi connectivity index (χ1n) is 20.7. The molecule has 0 amide bonds. The molecule has 0 spiro atoms. The lowest BCUT2D eigenvalue weighted by atomic mass is 9.77. The van der Waals surface area contributed by atoms with Crippen molar-refractivity contribution in [2.75, 3.05) is 26.4 Å². The Morgan fingerprint density at radius 3 is 1.68 bits per heavy atom. The first-order valence-corrected chi connectivity index (χ1v) is 22.2. The van der Waals surface area contributed by atoms with E-state index in [4.69, 9.17) is 18.5 Å². The van der Waals surface area contributed by atoms with Crippen molar-refractivity contribution in [3.05, 3.63) is 120 Å². The molecule has 308 valence electrons. The van der Waals surface area contributed by atoms with E-state index in [1.807, 2.05) is 91.0 Å². The van der Waals surface area contributed by atoms with Crippen molar-refractivity contribution in [2.45, 2.75) is 122 Å². The van der Waals surface area contributed by atoms with Gasteiger partial charge in [0.25, 0.3) is 0 Å². The average molecular weight is 792 g/mol. The van der Waals surface area contributed by atoms with Gasteiger partial charge in [0.05, 0.1) is 24.7 Å². The fourth-order valence-corrected chi connectivity index (χ4v) is 7.25. The minimum atomic E-state index is -4.58. The van der Waals surface area contributed by atoms with Gasteiger partial charge < -0.3 is 14.4 Å². The van der Waals surface area contributed by atoms with Gasteiger partial charge in [-0.1, -0.05) is 175 Å². The highest BCUT2D eigenvalue weighted by Crippen LogP contribution is 2.43. The number of carbonyl (C=O) groups is 2. The number of hydrogen-bond donors (Lipinski definition) is 2. The first kappa shape index (κ1) is 46.8. The highest BCUT2D eigenvalue weighted by molar-refractivity contribution is 7.47. The predicted octanol–water partition coefficient (Wildman–Crippen LogP) is 10.9. The molecule has 2 atom stereocenters. The molecule has 0 saturated carbocycles. The Hall–Kier alpha value is -3.59. The van der Waals surface area contributed by atoms with Gasteiger partial charge in [-0.25, -0.2) is 4.57 Å². The standard InChI is InChI=1S/C46H66NO8P/c1-4-5-6-7-8-9-10-11-12-13-14-15-16-17-27-34-44(48)52-37-43(55-45(49)39(2)3)38-54-56(50,51)53-36-35-47-46(40-28-21-18-22-29-40,41-30-23-19-24-31-41)42-32-25-20-26-33-42/h11-12,18-26,28-33,39,43,47H,4-10,13-17,27,34-38H2,1-3H3,(H,50,51)/b12-11-/t43-/m1/s1. The van der Waals surface area contributed by atoms with Crippen molar-refractivity contribution < 1.29 is 37.6 Å². The lowest BCUT2D eigenvalue weighted by Gasteiger charge is -2.37. The van der Waals surface area contributed by atoms with Crippen LogP contribution < -0.4 is 5.32 Å². The SMILES string of the molecule is CCCCCCCC/C=C\CCCCCCCC(=O)OC[C@H](COP(=O)(O)OCCNC(c1ccccc1)(c1ccccc1)c1ccccc1)OC(=O)C(C)C. The first-order chi connectivity index (χ1) is 27.2. The van der Waals surface area contributed by atoms with E-state index in [-0.39, 0.29) is 26.2 Å². The molecule has 10 heteroatoms. The number of phosphoric ester groups is 1. The normalized spacial score (nSPS) is 13.4. The van der Waals surface area contributed by atoms with Gasteiger partial charge in [0.2, 0.25) is 0 Å². The molecule has 56 heavy (non-hydrogen) atoms. The molecule has 0 saturated heterocycles. The van der Waals surface area contributed by atoms with E-state index in [0.717, 1.165) is 48.8 Å². The number of hydrogen-bond acceptors (Lipinski definition) is 8. The van der Waals surface area contributed by atoms with Crippen LogP contribution in [0.25, 0.3) is 0 Å². The third-order valence-corrected chi connectivity index (χ3v) is 10.6. The van der Waals surface area contributed by atoms with Gasteiger partial charge in [-0.05, 0) is 48.8 Å². The Morgan fingerprint density at radius 1 is 0.696 bits per heavy atom. The Labute approximate surface area is 336 Å². The molecule has 2 N–H and O–H groups in total. The summed E-state index contributed by atoms with van der Waals surface area (Å²) in [5.74, 6) is -1.41. The molecule has 0 aromatic heterocycles. The molecule has 0 heterocycles. The lowest BCUT2D eigenvalue weighted by Crippen LogP contribution is -2.46. The van der Waals surface area contributed by atoms with Crippen molar-refractivity contribution in [2.24, 2.45) is 5.92 Å². The van der Waals surface area contributed by atoms with Crippen LogP contribution in [0.15, 0.2) is 103 Å². The van der Waals surface area contributed by atoms with E-state index in [2.05, 4.69) is 24.4 Å². The number of benzene rings is 3. The second-order valence-electron chi connectivity index (χ2n) is 14.6. The maximum Gasteiger partial charge on any atom is 0.472 e. The van der Waals surface area contributed by atoms with E-state index in [1.54, 1.807) is 13.8 Å². The van der Waals surface area contributed by atoms with Crippen LogP contribution in [0.3, 0.4) is 0 Å². The number of ether oxygens (including phenoxy) is 2. The summed E-state index contributed by atoms with van der Waals surface area (Å²) in [5.41, 5.74) is 2.18. The number of esters is 2. The third kappa shape index (κ3) is 17.7. The molecule has 1 unspecified atom stereocenters. The van der Waals surface area contributed by atoms with Crippen LogP contribution in [-0.2, 0) is 38.2 Å². The Bertz CT molecular complexity index is 1470. The van der Waals surface area contributed by atoms with Crippen molar-refractivity contribution in [3.63, 3.8) is 0 Å². The molecule has 3 rings (SSSR count). The zero-order chi connectivity index (χ0) is 40.3. The summed E-state index contributed by atoms with van der Waals surface area (Å²) >= 11 is 0. The van der Waals surface area contributed by atoms with E-state index in [0.29, 0.717) is 6.42 Å². The predicted molar refractivity (Wildman–Crippen MR) is 224 cm³/mol. The molecule has 0 aliphatic carbocycles. The van der Waals surface area contributed by atoms with Gasteiger partial charge in [0.1, 0.15) is 6.61 Å². The van der Waals surface area contributed by atoms with Gasteiger partial charge in [0, 0.05) is 13.0 Å². The summed E-state index contributed by atoms with van der Waals surface area (Å²) in [6.07, 6.45) is 18.9. The highest BCUT2D eigenvalue weighted by Gasteiger charge is 2.36. The second-order valence-corrected chi connectivity index (χ2v) is 16.1. The lowest BCUT2D eigenvalue weighted by molar-refractivity contribution is -0.163. The van der Waals surface area contributed by atoms with E-state index in [1.165, 1.54) is 44.9 Å². The molecule has 0 bridgehead atoms. The number of rotatable bonds is 30. The van der Waals surface area contributed by atoms with Crippen molar-refractivity contribution in [1.82, 2.24) is 5.32 Å².